The molecule has 2 N–H and O–H groups in total. The Hall–Kier alpha value is -3.00. The number of benzene rings is 2. The van der Waals surface area contributed by atoms with Crippen molar-refractivity contribution in [2.75, 3.05) is 43.5 Å². The summed E-state index contributed by atoms with van der Waals surface area (Å²) in [6.45, 7) is 3.68. The molecule has 0 bridgehead atoms. The van der Waals surface area contributed by atoms with Crippen LogP contribution in [0.4, 0.5) is 11.5 Å². The van der Waals surface area contributed by atoms with Crippen LogP contribution >= 0.6 is 11.6 Å². The van der Waals surface area contributed by atoms with Crippen molar-refractivity contribution >= 4 is 29.0 Å². The second-order valence-electron chi connectivity index (χ2n) is 7.19. The summed E-state index contributed by atoms with van der Waals surface area (Å²) in [6.07, 6.45) is 0. The molecule has 160 valence electrons. The average molecular weight is 438 g/mol. The molecule has 1 amide bonds. The molecule has 1 atom stereocenters. The van der Waals surface area contributed by atoms with E-state index in [4.69, 9.17) is 16.3 Å². The summed E-state index contributed by atoms with van der Waals surface area (Å²) < 4.78 is 5.50. The summed E-state index contributed by atoms with van der Waals surface area (Å²) in [7, 11) is 0. The van der Waals surface area contributed by atoms with Crippen LogP contribution in [0.3, 0.4) is 0 Å². The lowest BCUT2D eigenvalue weighted by atomic mass is 10.0. The standard InChI is InChI=1S/C23H24ClN5O2/c24-19-9-5-4-8-18(19)21(29-12-14-31-15-13-29)16-25-22-11-10-20(27-28-22)23(30)26-17-6-2-1-3-7-17/h1-11,21H,12-16H2,(H,25,28)(H,26,30). The highest BCUT2D eigenvalue weighted by atomic mass is 35.5. The minimum absolute atomic E-state index is 0.0699. The van der Waals surface area contributed by atoms with Gasteiger partial charge in [0.25, 0.3) is 5.91 Å². The number of carbonyl (C=O) groups excluding carboxylic acids is 1. The highest BCUT2D eigenvalue weighted by Crippen LogP contribution is 2.28. The molecule has 0 spiro atoms. The van der Waals surface area contributed by atoms with Gasteiger partial charge in [-0.25, -0.2) is 0 Å². The molecule has 1 aliphatic heterocycles. The molecule has 0 saturated carbocycles. The third-order valence-corrected chi connectivity index (χ3v) is 5.50. The van der Waals surface area contributed by atoms with Gasteiger partial charge in [-0.2, -0.15) is 0 Å². The van der Waals surface area contributed by atoms with Crippen LogP contribution in [0.25, 0.3) is 0 Å². The highest BCUT2D eigenvalue weighted by molar-refractivity contribution is 6.31. The topological polar surface area (TPSA) is 79.4 Å². The van der Waals surface area contributed by atoms with Gasteiger partial charge in [0.2, 0.25) is 0 Å². The number of nitrogens with zero attached hydrogens (tertiary/aromatic N) is 3. The first-order chi connectivity index (χ1) is 15.2. The Morgan fingerprint density at radius 2 is 1.74 bits per heavy atom. The molecular formula is C23H24ClN5O2. The minimum Gasteiger partial charge on any atom is -0.379 e. The van der Waals surface area contributed by atoms with Gasteiger partial charge in [0.1, 0.15) is 5.82 Å². The molecule has 0 radical (unpaired) electrons. The largest absolute Gasteiger partial charge is 0.379 e. The number of amides is 1. The van der Waals surface area contributed by atoms with Crippen LogP contribution in [-0.2, 0) is 4.74 Å². The molecule has 1 aliphatic rings. The molecule has 2 aromatic carbocycles. The predicted octanol–water partition coefficient (Wildman–Crippen LogP) is 3.87. The molecule has 4 rings (SSSR count). The maximum absolute atomic E-state index is 12.4. The molecule has 31 heavy (non-hydrogen) atoms. The number of morpholine rings is 1. The van der Waals surface area contributed by atoms with Gasteiger partial charge in [-0.3, -0.25) is 9.69 Å². The molecule has 2 heterocycles. The fourth-order valence-corrected chi connectivity index (χ4v) is 3.80. The van der Waals surface area contributed by atoms with Crippen molar-refractivity contribution in [3.8, 4) is 0 Å². The van der Waals surface area contributed by atoms with Gasteiger partial charge in [0.15, 0.2) is 5.69 Å². The van der Waals surface area contributed by atoms with E-state index in [0.717, 1.165) is 23.7 Å². The molecule has 1 saturated heterocycles. The number of halogens is 1. The van der Waals surface area contributed by atoms with E-state index in [1.165, 1.54) is 0 Å². The van der Waals surface area contributed by atoms with Gasteiger partial charge < -0.3 is 15.4 Å². The fraction of sp³-hybridized carbons (Fsp3) is 0.261. The number of para-hydroxylation sites is 1. The average Bonchev–Trinajstić information content (AvgIpc) is 2.82. The Morgan fingerprint density at radius 3 is 2.45 bits per heavy atom. The lowest BCUT2D eigenvalue weighted by molar-refractivity contribution is 0.0187. The number of aromatic nitrogens is 2. The monoisotopic (exact) mass is 437 g/mol. The van der Waals surface area contributed by atoms with Crippen LogP contribution < -0.4 is 10.6 Å². The number of ether oxygens (including phenoxy) is 1. The summed E-state index contributed by atoms with van der Waals surface area (Å²) in [6, 6.07) is 20.6. The van der Waals surface area contributed by atoms with Crippen molar-refractivity contribution in [1.29, 1.82) is 0 Å². The van der Waals surface area contributed by atoms with E-state index in [-0.39, 0.29) is 17.6 Å². The zero-order valence-corrected chi connectivity index (χ0v) is 17.8. The van der Waals surface area contributed by atoms with Crippen molar-refractivity contribution in [1.82, 2.24) is 15.1 Å². The van der Waals surface area contributed by atoms with E-state index in [9.17, 15) is 4.79 Å². The normalized spacial score (nSPS) is 15.3. The Kier molecular flexibility index (Phi) is 7.09. The highest BCUT2D eigenvalue weighted by Gasteiger charge is 2.24. The number of rotatable bonds is 7. The van der Waals surface area contributed by atoms with Gasteiger partial charge in [-0.15, -0.1) is 10.2 Å². The van der Waals surface area contributed by atoms with Crippen LogP contribution in [0.5, 0.6) is 0 Å². The number of hydrogen-bond donors (Lipinski definition) is 2. The number of anilines is 2. The molecule has 1 unspecified atom stereocenters. The number of nitrogens with one attached hydrogen (secondary N) is 2. The zero-order chi connectivity index (χ0) is 21.5. The predicted molar refractivity (Wildman–Crippen MR) is 122 cm³/mol. The molecule has 7 nitrogen and oxygen atoms in total. The first-order valence-electron chi connectivity index (χ1n) is 10.2. The second kappa shape index (κ2) is 10.3. The number of hydrogen-bond acceptors (Lipinski definition) is 6. The lowest BCUT2D eigenvalue weighted by Crippen LogP contribution is -2.41. The molecule has 8 heteroatoms. The first kappa shape index (κ1) is 21.2. The zero-order valence-electron chi connectivity index (χ0n) is 17.0. The Bertz CT molecular complexity index is 994. The maximum Gasteiger partial charge on any atom is 0.276 e. The fourth-order valence-electron chi connectivity index (χ4n) is 3.54. The van der Waals surface area contributed by atoms with Crippen molar-refractivity contribution in [3.05, 3.63) is 83.0 Å². The Morgan fingerprint density at radius 1 is 1.00 bits per heavy atom. The van der Waals surface area contributed by atoms with E-state index in [2.05, 4.69) is 25.7 Å². The van der Waals surface area contributed by atoms with Crippen LogP contribution in [0.15, 0.2) is 66.7 Å². The van der Waals surface area contributed by atoms with E-state index >= 15 is 0 Å². The van der Waals surface area contributed by atoms with Gasteiger partial charge in [-0.05, 0) is 35.9 Å². The smallest absolute Gasteiger partial charge is 0.276 e. The summed E-state index contributed by atoms with van der Waals surface area (Å²) in [5.41, 5.74) is 2.03. The van der Waals surface area contributed by atoms with E-state index in [1.54, 1.807) is 12.1 Å². The SMILES string of the molecule is O=C(Nc1ccccc1)c1ccc(NCC(c2ccccc2Cl)N2CCOCC2)nn1. The first-order valence-corrected chi connectivity index (χ1v) is 10.6. The van der Waals surface area contributed by atoms with Gasteiger partial charge in [-0.1, -0.05) is 48.0 Å². The van der Waals surface area contributed by atoms with Crippen molar-refractivity contribution in [3.63, 3.8) is 0 Å². The third-order valence-electron chi connectivity index (χ3n) is 5.16. The van der Waals surface area contributed by atoms with Gasteiger partial charge >= 0.3 is 0 Å². The third kappa shape index (κ3) is 5.58. The number of carbonyl (C=O) groups is 1. The van der Waals surface area contributed by atoms with Crippen molar-refractivity contribution in [2.45, 2.75) is 6.04 Å². The maximum atomic E-state index is 12.4. The van der Waals surface area contributed by atoms with Gasteiger partial charge in [0.05, 0.1) is 19.3 Å². The summed E-state index contributed by atoms with van der Waals surface area (Å²) >= 11 is 6.48. The molecule has 0 aliphatic carbocycles. The molecule has 1 aromatic heterocycles. The van der Waals surface area contributed by atoms with E-state index in [1.807, 2.05) is 54.6 Å². The van der Waals surface area contributed by atoms with Crippen LogP contribution in [0.2, 0.25) is 5.02 Å². The second-order valence-corrected chi connectivity index (χ2v) is 7.60. The summed E-state index contributed by atoms with van der Waals surface area (Å²) in [5, 5.41) is 15.1. The Balaban J connectivity index is 1.42. The van der Waals surface area contributed by atoms with Crippen LogP contribution in [0.1, 0.15) is 22.1 Å². The lowest BCUT2D eigenvalue weighted by Gasteiger charge is -2.35. The van der Waals surface area contributed by atoms with Gasteiger partial charge in [0, 0.05) is 30.3 Å². The molecular weight excluding hydrogens is 414 g/mol. The molecule has 1 fully saturated rings. The van der Waals surface area contributed by atoms with Crippen molar-refractivity contribution in [2.24, 2.45) is 0 Å². The minimum atomic E-state index is -0.299. The van der Waals surface area contributed by atoms with Crippen LogP contribution in [-0.4, -0.2) is 53.9 Å². The Labute approximate surface area is 186 Å². The summed E-state index contributed by atoms with van der Waals surface area (Å²) in [4.78, 5) is 14.7. The summed E-state index contributed by atoms with van der Waals surface area (Å²) in [5.74, 6) is 0.300. The molecule has 3 aromatic rings. The van der Waals surface area contributed by atoms with E-state index in [0.29, 0.717) is 31.3 Å². The quantitative estimate of drug-likeness (QED) is 0.584. The van der Waals surface area contributed by atoms with E-state index < -0.39 is 0 Å². The van der Waals surface area contributed by atoms with Crippen molar-refractivity contribution < 1.29 is 9.53 Å². The van der Waals surface area contributed by atoms with Crippen LogP contribution in [0, 0.1) is 0 Å².